The van der Waals surface area contributed by atoms with Crippen molar-refractivity contribution >= 4 is 174 Å². The maximum Gasteiger partial charge on any atom is 0.233 e. The molecule has 0 radical (unpaired) electrons. The highest BCUT2D eigenvalue weighted by Crippen LogP contribution is 2.33. The molecule has 2 saturated heterocycles. The van der Waals surface area contributed by atoms with E-state index < -0.39 is 0 Å². The molecule has 8 N–H and O–H groups in total. The zero-order chi connectivity index (χ0) is 75.1. The van der Waals surface area contributed by atoms with Gasteiger partial charge in [0.1, 0.15) is 23.0 Å². The Balaban J connectivity index is 0.000000212. The molecule has 12 rings (SSSR count). The number of nitrogens with two attached hydrogens (primary N) is 1. The second kappa shape index (κ2) is 46.0. The number of aromatic nitrogens is 12. The van der Waals surface area contributed by atoms with Gasteiger partial charge in [0, 0.05) is 54.0 Å². The van der Waals surface area contributed by atoms with Gasteiger partial charge >= 0.3 is 0 Å². The predicted octanol–water partition coefficient (Wildman–Crippen LogP) is 18.3. The van der Waals surface area contributed by atoms with Gasteiger partial charge in [0.15, 0.2) is 0 Å². The van der Waals surface area contributed by atoms with E-state index in [0.717, 1.165) is 69.0 Å². The van der Waals surface area contributed by atoms with Gasteiger partial charge in [-0.3, -0.25) is 0 Å². The first-order valence-corrected chi connectivity index (χ1v) is 37.4. The van der Waals surface area contributed by atoms with E-state index >= 15 is 0 Å². The Bertz CT molecular complexity index is 3860. The normalized spacial score (nSPS) is 15.1. The van der Waals surface area contributed by atoms with Crippen molar-refractivity contribution in [1.82, 2.24) is 74.9 Å². The number of halogens is 10. The molecule has 0 unspecified atom stereocenters. The lowest BCUT2D eigenvalue weighted by molar-refractivity contribution is 0.240. The highest BCUT2D eigenvalue weighted by Gasteiger charge is 2.25. The van der Waals surface area contributed by atoms with Crippen LogP contribution < -0.4 is 61.5 Å². The molecule has 105 heavy (non-hydrogen) atoms. The number of hydrogen-bond donors (Lipinski definition) is 7. The van der Waals surface area contributed by atoms with E-state index in [4.69, 9.17) is 156 Å². The topological polar surface area (TPSA) is 300 Å². The van der Waals surface area contributed by atoms with Gasteiger partial charge in [-0.05, 0) is 241 Å². The molecule has 4 aromatic heterocycles. The van der Waals surface area contributed by atoms with Crippen molar-refractivity contribution in [1.29, 1.82) is 0 Å². The molecule has 0 spiro atoms. The molecule has 8 aromatic rings. The summed E-state index contributed by atoms with van der Waals surface area (Å²) in [6.45, 7) is 4.68. The number of anilines is 10. The number of nitrogen functional groups attached to an aromatic ring is 1. The number of piperidine rings is 2. The number of nitrogens with zero attached hydrogens (tertiary/aromatic N) is 15. The minimum Gasteiger partial charge on any atom is -0.495 e. The van der Waals surface area contributed by atoms with Crippen LogP contribution in [0.25, 0.3) is 0 Å². The van der Waals surface area contributed by atoms with Gasteiger partial charge in [-0.25, -0.2) is 0 Å². The smallest absolute Gasteiger partial charge is 0.233 e. The van der Waals surface area contributed by atoms with Crippen molar-refractivity contribution in [3.05, 3.63) is 125 Å². The third-order valence-electron chi connectivity index (χ3n) is 16.8. The Labute approximate surface area is 665 Å². The number of methoxy groups -OCH3 is 4. The van der Waals surface area contributed by atoms with Gasteiger partial charge in [0.2, 0.25) is 67.4 Å². The summed E-state index contributed by atoms with van der Waals surface area (Å²) >= 11 is 57.5. The van der Waals surface area contributed by atoms with Crippen LogP contribution in [0.15, 0.2) is 72.8 Å². The van der Waals surface area contributed by atoms with Crippen LogP contribution >= 0.6 is 116 Å². The van der Waals surface area contributed by atoms with Crippen LogP contribution in [0, 0.1) is 0 Å². The van der Waals surface area contributed by atoms with Crippen molar-refractivity contribution in [3.63, 3.8) is 0 Å². The zero-order valence-corrected chi connectivity index (χ0v) is 66.6. The van der Waals surface area contributed by atoms with E-state index in [9.17, 15) is 0 Å². The van der Waals surface area contributed by atoms with E-state index in [1.54, 1.807) is 77.0 Å². The van der Waals surface area contributed by atoms with Gasteiger partial charge in [-0.1, -0.05) is 105 Å². The van der Waals surface area contributed by atoms with Crippen LogP contribution in [-0.4, -0.2) is 177 Å². The summed E-state index contributed by atoms with van der Waals surface area (Å²) in [6, 6.07) is 23.2. The average Bonchev–Trinajstić information content (AvgIpc) is 0.860. The number of hydrogen-bond acceptors (Lipinski definition) is 26. The van der Waals surface area contributed by atoms with Crippen molar-refractivity contribution in [2.24, 2.45) is 0 Å². The summed E-state index contributed by atoms with van der Waals surface area (Å²) in [4.78, 5) is 55.8. The zero-order valence-electron chi connectivity index (χ0n) is 59.1. The Hall–Kier alpha value is -6.50. The lowest BCUT2D eigenvalue weighted by Crippen LogP contribution is -2.42. The van der Waals surface area contributed by atoms with Crippen LogP contribution in [-0.2, 0) is 0 Å². The summed E-state index contributed by atoms with van der Waals surface area (Å²) < 4.78 is 20.4. The molecule has 4 fully saturated rings. The summed E-state index contributed by atoms with van der Waals surface area (Å²) in [5.41, 5.74) is 8.32. The minimum absolute atomic E-state index is 0. The fourth-order valence-corrected chi connectivity index (χ4v) is 13.3. The summed E-state index contributed by atoms with van der Waals surface area (Å²) in [7, 11) is 14.8. The molecule has 572 valence electrons. The van der Waals surface area contributed by atoms with E-state index in [0.29, 0.717) is 102 Å². The van der Waals surface area contributed by atoms with E-state index in [2.05, 4.69) is 120 Å². The van der Waals surface area contributed by atoms with E-state index in [1.807, 2.05) is 24.3 Å². The average molecular weight is 1650 g/mol. The molecule has 0 bridgehead atoms. The van der Waals surface area contributed by atoms with E-state index in [-0.39, 0.29) is 45.1 Å². The summed E-state index contributed by atoms with van der Waals surface area (Å²) in [6.07, 6.45) is 19.5. The quantitative estimate of drug-likeness (QED) is 0.0329. The molecule has 0 atom stereocenters. The molecular formula is C69H92Cl10N22O4. The van der Waals surface area contributed by atoms with Crippen LogP contribution in [0.3, 0.4) is 0 Å². The first-order chi connectivity index (χ1) is 50.0. The minimum atomic E-state index is 0. The lowest BCUT2D eigenvalue weighted by atomic mass is 10.0. The van der Waals surface area contributed by atoms with Gasteiger partial charge in [-0.2, -0.15) is 59.8 Å². The second-order valence-corrected chi connectivity index (χ2v) is 28.0. The Kier molecular flexibility index (Phi) is 38.3. The molecule has 26 nitrogen and oxygen atoms in total. The summed E-state index contributed by atoms with van der Waals surface area (Å²) in [5.74, 6) is 5.41. The molecule has 2 aliphatic heterocycles. The van der Waals surface area contributed by atoms with Crippen LogP contribution in [0.2, 0.25) is 51.8 Å². The van der Waals surface area contributed by atoms with Crippen LogP contribution in [0.5, 0.6) is 23.0 Å². The van der Waals surface area contributed by atoms with Gasteiger partial charge in [0.25, 0.3) is 0 Å². The molecule has 36 heteroatoms. The van der Waals surface area contributed by atoms with Crippen molar-refractivity contribution < 1.29 is 18.9 Å². The standard InChI is InChI=1S/C24H36ClN7O.C17H21Cl2N5O.C10H7Cl3N4O.C7H8ClNO.C7H16N2.C3Cl3N3.CH4/c1-31-14-12-19(13-15-31)32(2)24-29-22(26-17-8-6-4-5-7-9-17)28-23(30-24)27-18-10-11-21(33-3)20(25)16-18;1-25-14-9-8-12(10-13(14)18)21-17-23-15(19)22-16(24-17)20-11-6-4-2-3-5-7-11;1-18-7-3-2-5(4-6(7)11)14-10-16-8(12)15-9(13)17-10;1-10-7-3-2-5(9)4-6(7)8;1-8-7-3-5-9(2)6-4-7;4-1-7-2(5)9-3(6)8-1;/h10-11,16-17,19H,4-9,12-15H2,1-3H3,(H2,26,27,28,29,30);8-11H,2-7H2,1H3,(H2,20,21,22,23,24);2-4H,1H3,(H,14,15,16,17);2-4H,9H2,1H3;7-8H,3-6H2,1-2H3;;1H4. The third-order valence-corrected chi connectivity index (χ3v) is 19.0. The van der Waals surface area contributed by atoms with Crippen LogP contribution in [0.1, 0.15) is 110 Å². The van der Waals surface area contributed by atoms with Crippen LogP contribution in [0.4, 0.5) is 58.4 Å². The third kappa shape index (κ3) is 31.0. The first kappa shape index (κ1) is 87.4. The highest BCUT2D eigenvalue weighted by atomic mass is 35.5. The van der Waals surface area contributed by atoms with Gasteiger partial charge < -0.3 is 71.3 Å². The Morgan fingerprint density at radius 2 is 0.686 bits per heavy atom. The molecule has 2 aliphatic carbocycles. The van der Waals surface area contributed by atoms with Gasteiger partial charge in [0.05, 0.1) is 48.5 Å². The van der Waals surface area contributed by atoms with Crippen molar-refractivity contribution in [3.8, 4) is 23.0 Å². The van der Waals surface area contributed by atoms with Crippen molar-refractivity contribution in [2.75, 3.05) is 120 Å². The second-order valence-electron chi connectivity index (χ2n) is 24.4. The molecule has 0 amide bonds. The number of nitrogens with one attached hydrogen (secondary N) is 6. The maximum atomic E-state index is 6.32. The summed E-state index contributed by atoms with van der Waals surface area (Å²) in [5, 5.41) is 21.8. The number of benzene rings is 4. The first-order valence-electron chi connectivity index (χ1n) is 33.7. The Morgan fingerprint density at radius 3 is 1.05 bits per heavy atom. The Morgan fingerprint density at radius 1 is 0.381 bits per heavy atom. The number of ether oxygens (including phenoxy) is 4. The number of rotatable bonds is 17. The molecule has 6 heterocycles. The highest BCUT2D eigenvalue weighted by molar-refractivity contribution is 6.34. The maximum absolute atomic E-state index is 6.32. The number of likely N-dealkylation sites (tertiary alicyclic amines) is 2. The lowest BCUT2D eigenvalue weighted by Gasteiger charge is -2.35. The fourth-order valence-electron chi connectivity index (χ4n) is 11.2. The van der Waals surface area contributed by atoms with E-state index in [1.165, 1.54) is 77.3 Å². The molecule has 2 saturated carbocycles. The molecular weight excluding hydrogens is 1560 g/mol. The largest absolute Gasteiger partial charge is 0.495 e. The fraction of sp³-hybridized carbons (Fsp3) is 0.478. The van der Waals surface area contributed by atoms with Gasteiger partial charge in [-0.15, -0.1) is 0 Å². The predicted molar refractivity (Wildman–Crippen MR) is 431 cm³/mol. The monoisotopic (exact) mass is 1640 g/mol. The SMILES string of the molecule is C.CNC1CCN(C)CC1.COc1ccc(N)cc1Cl.COc1ccc(Nc2nc(Cl)nc(Cl)n2)cc1Cl.COc1ccc(Nc2nc(Cl)nc(NC3CCCCCC3)n2)cc1Cl.COc1ccc(Nc2nc(NC3CCCCCC3)nc(N(C)C3CCN(C)CC3)n2)cc1Cl.Clc1nc(Cl)nc(Cl)n1. The van der Waals surface area contributed by atoms with Crippen molar-refractivity contribution in [2.45, 2.75) is 134 Å². The molecule has 4 aliphatic rings. The molecule has 4 aromatic carbocycles.